The van der Waals surface area contributed by atoms with E-state index in [-0.39, 0.29) is 12.2 Å². The molecule has 0 amide bonds. The molecule has 3 aromatic rings. The van der Waals surface area contributed by atoms with Crippen LogP contribution in [0.15, 0.2) is 57.7 Å². The molecule has 0 spiro atoms. The molecule has 166 valence electrons. The summed E-state index contributed by atoms with van der Waals surface area (Å²) >= 11 is 1.30. The van der Waals surface area contributed by atoms with Gasteiger partial charge in [0, 0.05) is 38.6 Å². The zero-order valence-corrected chi connectivity index (χ0v) is 19.5. The first-order valence-corrected chi connectivity index (χ1v) is 11.1. The van der Waals surface area contributed by atoms with Crippen LogP contribution in [-0.2, 0) is 16.6 Å². The highest BCUT2D eigenvalue weighted by molar-refractivity contribution is 7.07. The molecule has 3 heterocycles. The number of ether oxygens (including phenoxy) is 1. The number of aromatic nitrogens is 3. The van der Waals surface area contributed by atoms with Crippen LogP contribution in [0.5, 0.6) is 0 Å². The molecular formula is C23H25N5O3S. The summed E-state index contributed by atoms with van der Waals surface area (Å²) in [5.74, 6) is -0.461. The van der Waals surface area contributed by atoms with E-state index in [1.165, 1.54) is 11.3 Å². The van der Waals surface area contributed by atoms with E-state index in [2.05, 4.69) is 10.1 Å². The van der Waals surface area contributed by atoms with Crippen molar-refractivity contribution >= 4 is 29.1 Å². The van der Waals surface area contributed by atoms with E-state index >= 15 is 0 Å². The second-order valence-corrected chi connectivity index (χ2v) is 8.74. The van der Waals surface area contributed by atoms with E-state index in [1.54, 1.807) is 35.4 Å². The van der Waals surface area contributed by atoms with Crippen LogP contribution in [0.2, 0.25) is 0 Å². The Kier molecular flexibility index (Phi) is 5.84. The van der Waals surface area contributed by atoms with Crippen molar-refractivity contribution in [3.8, 4) is 0 Å². The third-order valence-electron chi connectivity index (χ3n) is 5.26. The van der Waals surface area contributed by atoms with Gasteiger partial charge >= 0.3 is 5.97 Å². The Balaban J connectivity index is 1.93. The number of benzene rings is 1. The Morgan fingerprint density at radius 3 is 2.59 bits per heavy atom. The number of fused-ring (bicyclic) bond motifs is 1. The van der Waals surface area contributed by atoms with Crippen molar-refractivity contribution in [2.75, 3.05) is 25.6 Å². The number of nitrogens with zero attached hydrogens (tertiary/aromatic N) is 5. The molecule has 0 bridgehead atoms. The summed E-state index contributed by atoms with van der Waals surface area (Å²) in [7, 11) is 5.75. The second kappa shape index (κ2) is 8.58. The highest BCUT2D eigenvalue weighted by Gasteiger charge is 2.33. The molecule has 0 N–H and O–H groups in total. The number of thiazole rings is 1. The molecule has 1 aliphatic heterocycles. The van der Waals surface area contributed by atoms with Gasteiger partial charge in [0.2, 0.25) is 0 Å². The molecular weight excluding hydrogens is 426 g/mol. The predicted octanol–water partition coefficient (Wildman–Crippen LogP) is 1.60. The summed E-state index contributed by atoms with van der Waals surface area (Å²) in [6, 6.07) is 7.21. The minimum atomic E-state index is -0.613. The maximum absolute atomic E-state index is 13.5. The van der Waals surface area contributed by atoms with Gasteiger partial charge in [-0.05, 0) is 37.6 Å². The van der Waals surface area contributed by atoms with Crippen molar-refractivity contribution in [2.24, 2.45) is 12.0 Å². The monoisotopic (exact) mass is 451 g/mol. The Labute approximate surface area is 189 Å². The van der Waals surface area contributed by atoms with E-state index in [4.69, 9.17) is 4.74 Å². The molecule has 4 rings (SSSR count). The normalized spacial score (nSPS) is 16.0. The molecule has 0 aliphatic carbocycles. The molecule has 0 saturated carbocycles. The van der Waals surface area contributed by atoms with Crippen molar-refractivity contribution in [3.63, 3.8) is 0 Å². The Morgan fingerprint density at radius 2 is 2.00 bits per heavy atom. The molecule has 8 nitrogen and oxygen atoms in total. The molecule has 0 unspecified atom stereocenters. The van der Waals surface area contributed by atoms with Crippen LogP contribution in [0.3, 0.4) is 0 Å². The lowest BCUT2D eigenvalue weighted by molar-refractivity contribution is -0.139. The molecule has 1 aliphatic rings. The highest BCUT2D eigenvalue weighted by Crippen LogP contribution is 2.31. The molecule has 2 aromatic heterocycles. The number of esters is 1. The smallest absolute Gasteiger partial charge is 0.338 e. The molecule has 0 fully saturated rings. The maximum Gasteiger partial charge on any atom is 0.338 e. The number of aryl methyl sites for hydroxylation is 1. The van der Waals surface area contributed by atoms with E-state index < -0.39 is 12.0 Å². The number of allylic oxidation sites excluding steroid dienone is 1. The van der Waals surface area contributed by atoms with Gasteiger partial charge in [0.25, 0.3) is 5.56 Å². The van der Waals surface area contributed by atoms with Crippen molar-refractivity contribution in [1.29, 1.82) is 0 Å². The summed E-state index contributed by atoms with van der Waals surface area (Å²) < 4.78 is 9.14. The van der Waals surface area contributed by atoms with Gasteiger partial charge in [-0.15, -0.1) is 0 Å². The standard InChI is InChI=1S/C23H25N5O3S/c1-6-31-22(30)19-14(2)25-23-28(20(19)16-7-9-17(10-8-16)26(3)4)21(29)18(32-23)11-15-12-24-27(5)13-15/h7-13,20H,6H2,1-5H3/b18-11+/t20-/m0/s1. The fraction of sp³-hybridized carbons (Fsp3) is 0.304. The van der Waals surface area contributed by atoms with Gasteiger partial charge in [0.05, 0.1) is 34.6 Å². The minimum absolute atomic E-state index is 0.200. The number of hydrogen-bond donors (Lipinski definition) is 0. The molecule has 1 aromatic carbocycles. The first kappa shape index (κ1) is 21.8. The van der Waals surface area contributed by atoms with Gasteiger partial charge in [0.15, 0.2) is 4.80 Å². The van der Waals surface area contributed by atoms with Crippen LogP contribution in [0.25, 0.3) is 6.08 Å². The third-order valence-corrected chi connectivity index (χ3v) is 6.25. The summed E-state index contributed by atoms with van der Waals surface area (Å²) in [6.45, 7) is 3.79. The largest absolute Gasteiger partial charge is 0.463 e. The number of hydrogen-bond acceptors (Lipinski definition) is 7. The minimum Gasteiger partial charge on any atom is -0.463 e. The van der Waals surface area contributed by atoms with Gasteiger partial charge in [-0.3, -0.25) is 14.0 Å². The topological polar surface area (TPSA) is 81.7 Å². The number of carbonyl (C=O) groups excluding carboxylic acids is 1. The van der Waals surface area contributed by atoms with E-state index in [9.17, 15) is 9.59 Å². The third kappa shape index (κ3) is 3.91. The molecule has 1 atom stereocenters. The molecule has 32 heavy (non-hydrogen) atoms. The number of carbonyl (C=O) groups is 1. The Hall–Kier alpha value is -3.46. The quantitative estimate of drug-likeness (QED) is 0.551. The van der Waals surface area contributed by atoms with Gasteiger partial charge in [0.1, 0.15) is 0 Å². The van der Waals surface area contributed by atoms with Crippen LogP contribution in [0, 0.1) is 0 Å². The average molecular weight is 452 g/mol. The fourth-order valence-corrected chi connectivity index (χ4v) is 4.77. The second-order valence-electron chi connectivity index (χ2n) is 7.74. The van der Waals surface area contributed by atoms with E-state index in [0.29, 0.717) is 20.6 Å². The highest BCUT2D eigenvalue weighted by atomic mass is 32.1. The van der Waals surface area contributed by atoms with Crippen LogP contribution in [-0.4, -0.2) is 41.0 Å². The lowest BCUT2D eigenvalue weighted by atomic mass is 9.95. The van der Waals surface area contributed by atoms with Gasteiger partial charge in [-0.1, -0.05) is 23.5 Å². The van der Waals surface area contributed by atoms with Gasteiger partial charge < -0.3 is 9.64 Å². The molecule has 0 saturated heterocycles. The van der Waals surface area contributed by atoms with Gasteiger partial charge in [-0.25, -0.2) is 9.79 Å². The van der Waals surface area contributed by atoms with Crippen molar-refractivity contribution in [2.45, 2.75) is 19.9 Å². The first-order chi connectivity index (χ1) is 15.3. The van der Waals surface area contributed by atoms with Crippen LogP contribution in [0.4, 0.5) is 5.69 Å². The molecule has 9 heteroatoms. The first-order valence-electron chi connectivity index (χ1n) is 10.3. The Morgan fingerprint density at radius 1 is 1.28 bits per heavy atom. The summed E-state index contributed by atoms with van der Waals surface area (Å²) in [5.41, 5.74) is 3.40. The van der Waals surface area contributed by atoms with Crippen molar-refractivity contribution < 1.29 is 9.53 Å². The zero-order valence-electron chi connectivity index (χ0n) is 18.7. The van der Waals surface area contributed by atoms with Gasteiger partial charge in [-0.2, -0.15) is 5.10 Å². The van der Waals surface area contributed by atoms with E-state index in [1.807, 2.05) is 56.5 Å². The number of anilines is 1. The average Bonchev–Trinajstić information content (AvgIpc) is 3.30. The van der Waals surface area contributed by atoms with Crippen molar-refractivity contribution in [1.82, 2.24) is 14.3 Å². The van der Waals surface area contributed by atoms with Crippen LogP contribution in [0.1, 0.15) is 31.0 Å². The number of rotatable bonds is 5. The fourth-order valence-electron chi connectivity index (χ4n) is 3.73. The van der Waals surface area contributed by atoms with Crippen molar-refractivity contribution in [3.05, 3.63) is 78.7 Å². The summed E-state index contributed by atoms with van der Waals surface area (Å²) in [5, 5.41) is 4.16. The Bertz CT molecular complexity index is 1380. The lowest BCUT2D eigenvalue weighted by Gasteiger charge is -2.25. The predicted molar refractivity (Wildman–Crippen MR) is 124 cm³/mol. The SMILES string of the molecule is CCOC(=O)C1=C(C)N=c2s/c(=C/c3cnn(C)c3)c(=O)n2[C@H]1c1ccc(N(C)C)cc1. The van der Waals surface area contributed by atoms with Crippen LogP contribution < -0.4 is 19.8 Å². The zero-order chi connectivity index (χ0) is 23.0. The maximum atomic E-state index is 13.5. The lowest BCUT2D eigenvalue weighted by Crippen LogP contribution is -2.39. The van der Waals surface area contributed by atoms with E-state index in [0.717, 1.165) is 16.8 Å². The molecule has 0 radical (unpaired) electrons. The summed E-state index contributed by atoms with van der Waals surface area (Å²) in [4.78, 5) is 33.5. The summed E-state index contributed by atoms with van der Waals surface area (Å²) in [6.07, 6.45) is 5.34. The van der Waals surface area contributed by atoms with Crippen LogP contribution >= 0.6 is 11.3 Å².